The molecule has 0 amide bonds. The molecule has 10 rings (SSSR count). The summed E-state index contributed by atoms with van der Waals surface area (Å²) in [6, 6.07) is 56.0. The van der Waals surface area contributed by atoms with Gasteiger partial charge in [-0.25, -0.2) is 9.59 Å². The maximum atomic E-state index is 15.4. The monoisotopic (exact) mass is 1390 g/mol. The maximum absolute atomic E-state index is 15.4. The van der Waals surface area contributed by atoms with Crippen LogP contribution in [0.25, 0.3) is 0 Å². The minimum Gasteiger partial charge on any atom is -0.463 e. The second kappa shape index (κ2) is 38.0. The van der Waals surface area contributed by atoms with Gasteiger partial charge in [-0.1, -0.05) is 189 Å². The minimum absolute atomic E-state index is 0.0625. The largest absolute Gasteiger partial charge is 0.463 e. The summed E-state index contributed by atoms with van der Waals surface area (Å²) in [5.74, 6) is -3.84. The second-order valence-corrected chi connectivity index (χ2v) is 24.5. The van der Waals surface area contributed by atoms with Crippen LogP contribution in [0.15, 0.2) is 182 Å². The van der Waals surface area contributed by atoms with Gasteiger partial charge >= 0.3 is 23.9 Å². The summed E-state index contributed by atoms with van der Waals surface area (Å²) in [5, 5.41) is 0. The van der Waals surface area contributed by atoms with Gasteiger partial charge in [0.1, 0.15) is 87.0 Å². The highest BCUT2D eigenvalue weighted by atomic mass is 16.8. The van der Waals surface area contributed by atoms with Gasteiger partial charge in [0.05, 0.1) is 39.1 Å². The number of rotatable bonds is 33. The molecule has 8 unspecified atom stereocenters. The van der Waals surface area contributed by atoms with Crippen molar-refractivity contribution in [1.29, 1.82) is 0 Å². The molecule has 0 bridgehead atoms. The minimum atomic E-state index is -1.78. The van der Waals surface area contributed by atoms with Gasteiger partial charge < -0.3 is 94.7 Å². The van der Waals surface area contributed by atoms with Crippen LogP contribution >= 0.6 is 0 Å². The molecular formula is C76H90O24. The van der Waals surface area contributed by atoms with Gasteiger partial charge in [-0.05, 0) is 33.4 Å². The van der Waals surface area contributed by atoms with Crippen molar-refractivity contribution in [2.24, 2.45) is 5.92 Å². The lowest BCUT2D eigenvalue weighted by atomic mass is 9.90. The summed E-state index contributed by atoms with van der Waals surface area (Å²) in [7, 11) is 7.19. The van der Waals surface area contributed by atoms with Crippen molar-refractivity contribution in [2.45, 2.75) is 177 Å². The fourth-order valence-electron chi connectivity index (χ4n) is 12.7. The third kappa shape index (κ3) is 20.0. The molecule has 4 aliphatic rings. The first kappa shape index (κ1) is 75.2. The van der Waals surface area contributed by atoms with Gasteiger partial charge in [0, 0.05) is 55.3 Å². The highest BCUT2D eigenvalue weighted by molar-refractivity contribution is 5.76. The van der Waals surface area contributed by atoms with Crippen LogP contribution in [0.5, 0.6) is 0 Å². The van der Waals surface area contributed by atoms with Crippen molar-refractivity contribution in [3.05, 3.63) is 215 Å². The Morgan fingerprint density at radius 1 is 0.320 bits per heavy atom. The number of carbonyl (C=O) groups excluding carboxylic acids is 4. The Balaban J connectivity index is 1.03. The van der Waals surface area contributed by atoms with Crippen LogP contribution in [0.4, 0.5) is 0 Å². The van der Waals surface area contributed by atoms with Gasteiger partial charge in [0.25, 0.3) is 0 Å². The number of hydrogen-bond acceptors (Lipinski definition) is 24. The van der Waals surface area contributed by atoms with Crippen LogP contribution in [0.1, 0.15) is 54.2 Å². The molecule has 4 saturated heterocycles. The van der Waals surface area contributed by atoms with Gasteiger partial charge in [0.15, 0.2) is 43.5 Å². The fourth-order valence-corrected chi connectivity index (χ4v) is 12.7. The summed E-state index contributed by atoms with van der Waals surface area (Å²) in [5.41, 5.74) is 4.66. The molecule has 0 aliphatic carbocycles. The molecule has 0 aromatic heterocycles. The van der Waals surface area contributed by atoms with Crippen molar-refractivity contribution >= 4 is 23.9 Å². The van der Waals surface area contributed by atoms with E-state index >= 15 is 4.79 Å². The lowest BCUT2D eigenvalue weighted by Crippen LogP contribution is -2.69. The van der Waals surface area contributed by atoms with Crippen molar-refractivity contribution in [3.63, 3.8) is 0 Å². The lowest BCUT2D eigenvalue weighted by molar-refractivity contribution is -0.391. The highest BCUT2D eigenvalue weighted by Crippen LogP contribution is 2.41. The molecule has 24 heteroatoms. The summed E-state index contributed by atoms with van der Waals surface area (Å²) < 4.78 is 131. The third-order valence-corrected chi connectivity index (χ3v) is 17.7. The quantitative estimate of drug-likeness (QED) is 0.0277. The first-order chi connectivity index (χ1) is 48.8. The number of hydrogen-bond donors (Lipinski definition) is 0. The topological polar surface area (TPSA) is 253 Å². The van der Waals surface area contributed by atoms with Crippen molar-refractivity contribution in [1.82, 2.24) is 0 Å². The molecule has 4 fully saturated rings. The molecule has 6 aromatic carbocycles. The second-order valence-electron chi connectivity index (χ2n) is 24.5. The highest BCUT2D eigenvalue weighted by Gasteiger charge is 2.60. The molecule has 100 heavy (non-hydrogen) atoms. The smallest absolute Gasteiger partial charge is 0.338 e. The Kier molecular flexibility index (Phi) is 28.6. The van der Waals surface area contributed by atoms with Gasteiger partial charge in [-0.15, -0.1) is 0 Å². The van der Waals surface area contributed by atoms with Crippen LogP contribution < -0.4 is 0 Å². The van der Waals surface area contributed by atoms with E-state index in [-0.39, 0.29) is 46.2 Å². The predicted molar refractivity (Wildman–Crippen MR) is 354 cm³/mol. The summed E-state index contributed by atoms with van der Waals surface area (Å²) in [4.78, 5) is 56.3. The lowest BCUT2D eigenvalue weighted by Gasteiger charge is -2.51. The predicted octanol–water partition coefficient (Wildman–Crippen LogP) is 8.34. The zero-order valence-electron chi connectivity index (χ0n) is 57.3. The summed E-state index contributed by atoms with van der Waals surface area (Å²) in [6.07, 6.45) is -25.1. The molecule has 0 saturated carbocycles. The van der Waals surface area contributed by atoms with Crippen LogP contribution in [-0.2, 0) is 154 Å². The van der Waals surface area contributed by atoms with E-state index in [0.717, 1.165) is 22.3 Å². The van der Waals surface area contributed by atoms with Crippen LogP contribution in [0.2, 0.25) is 0 Å². The Morgan fingerprint density at radius 3 is 1.12 bits per heavy atom. The number of methoxy groups -OCH3 is 5. The van der Waals surface area contributed by atoms with Crippen molar-refractivity contribution in [2.75, 3.05) is 48.8 Å². The van der Waals surface area contributed by atoms with E-state index in [4.69, 9.17) is 94.7 Å². The number of ether oxygens (including phenoxy) is 20. The molecule has 0 spiro atoms. The first-order valence-corrected chi connectivity index (χ1v) is 33.3. The van der Waals surface area contributed by atoms with E-state index in [1.54, 1.807) is 31.2 Å². The van der Waals surface area contributed by atoms with E-state index in [9.17, 15) is 14.4 Å². The molecule has 20 atom stereocenters. The van der Waals surface area contributed by atoms with E-state index in [1.165, 1.54) is 49.4 Å². The summed E-state index contributed by atoms with van der Waals surface area (Å²) >= 11 is 0. The van der Waals surface area contributed by atoms with Crippen molar-refractivity contribution < 1.29 is 114 Å². The third-order valence-electron chi connectivity index (χ3n) is 17.7. The fraction of sp³-hybridized carbons (Fsp3) is 0.474. The van der Waals surface area contributed by atoms with E-state index in [0.29, 0.717) is 11.1 Å². The molecule has 0 N–H and O–H groups in total. The molecule has 0 radical (unpaired) electrons. The average Bonchev–Trinajstić information content (AvgIpc) is 0.763. The normalized spacial score (nSPS) is 29.8. The van der Waals surface area contributed by atoms with Gasteiger partial charge in [-0.3, -0.25) is 9.59 Å². The first-order valence-electron chi connectivity index (χ1n) is 33.3. The SMILES string of the molecule is COC1C(OC)[C@H](O[C@H]2O[C@@H](COC(C)=O)[C@@H](O[C@@H]3OC(C(=O)OCc4ccccc4)[C@@H](C)[C@H](OC)C3OC)C(OC(C)=O)C2OCc2ccccc2)[C@H](C(=O)OCc2ccccc2)O[C@H]1O[C@@H]1C(COCc2ccccc2)O[C@@H](OC)C(OCc2ccccc2)[C@H]1OCc1ccccc1. The van der Waals surface area contributed by atoms with Crippen LogP contribution in [0.3, 0.4) is 0 Å². The molecule has 6 aromatic rings. The Morgan fingerprint density at radius 2 is 0.680 bits per heavy atom. The molecule has 4 heterocycles. The Bertz CT molecular complexity index is 3400. The zero-order valence-corrected chi connectivity index (χ0v) is 57.3. The van der Waals surface area contributed by atoms with E-state index < -0.39 is 153 Å². The molecule has 24 nitrogen and oxygen atoms in total. The zero-order chi connectivity index (χ0) is 70.3. The van der Waals surface area contributed by atoms with Crippen LogP contribution in [-0.4, -0.2) is 189 Å². The van der Waals surface area contributed by atoms with E-state index in [2.05, 4.69) is 0 Å². The Labute approximate surface area is 582 Å². The van der Waals surface area contributed by atoms with Gasteiger partial charge in [-0.2, -0.15) is 0 Å². The Hall–Kier alpha value is -7.44. The number of benzene rings is 6. The standard InChI is InChI=1S/C76H90O24/c1-47-58(81-4)67(83-6)74(96-59(47)71(79)91-43-54-35-23-13-24-36-54)98-61-57(46-87-48(2)77)95-76(70(64(61)93-49(3)78)90-42-53-33-21-12-22-34-53)99-65-62(82-5)68(84-7)75(100-66(65)72(80)92-44-55-37-25-14-26-38-55)97-60-56(45-86-39-50-27-15-9-16-28-50)94-73(85-8)69(89-41-52-31-19-11-20-32-52)63(60)88-40-51-29-17-10-18-30-51/h9-38,47,56-70,73-76H,39-46H2,1-8H3/t47-,56?,57-,58-,59?,60+,61+,62?,63-,64?,65-,66+,67?,68?,69?,70?,73+,74-,75+,76+/m0/s1. The number of esters is 4. The molecule has 538 valence electrons. The summed E-state index contributed by atoms with van der Waals surface area (Å²) in [6.45, 7) is 3.50. The number of carbonyl (C=O) groups is 4. The maximum Gasteiger partial charge on any atom is 0.338 e. The molecular weight excluding hydrogens is 1300 g/mol. The average molecular weight is 1390 g/mol. The molecule has 4 aliphatic heterocycles. The van der Waals surface area contributed by atoms with E-state index in [1.807, 2.05) is 158 Å². The van der Waals surface area contributed by atoms with Crippen LogP contribution in [0, 0.1) is 5.92 Å². The van der Waals surface area contributed by atoms with Gasteiger partial charge in [0.2, 0.25) is 0 Å². The van der Waals surface area contributed by atoms with Crippen molar-refractivity contribution in [3.8, 4) is 0 Å².